The summed E-state index contributed by atoms with van der Waals surface area (Å²) in [5.41, 5.74) is 0.468. The predicted molar refractivity (Wildman–Crippen MR) is 155 cm³/mol. The van der Waals surface area contributed by atoms with Crippen LogP contribution in [0.2, 0.25) is 0 Å². The van der Waals surface area contributed by atoms with Crippen molar-refractivity contribution in [1.82, 2.24) is 15.3 Å². The van der Waals surface area contributed by atoms with Gasteiger partial charge in [0, 0.05) is 30.9 Å². The summed E-state index contributed by atoms with van der Waals surface area (Å²) in [5.74, 6) is -0.652. The van der Waals surface area contributed by atoms with Crippen LogP contribution in [0.25, 0.3) is 0 Å². The molecule has 1 amide bonds. The molecule has 1 fully saturated rings. The van der Waals surface area contributed by atoms with E-state index in [1.165, 1.54) is 55.7 Å². The number of nitrogens with zero attached hydrogens (tertiary/aromatic N) is 3. The summed E-state index contributed by atoms with van der Waals surface area (Å²) in [6.07, 6.45) is -0.578. The number of amides is 1. The highest BCUT2D eigenvalue weighted by molar-refractivity contribution is 7.91. The maximum atomic E-state index is 13.1. The Hall–Kier alpha value is -3.69. The summed E-state index contributed by atoms with van der Waals surface area (Å²) in [6, 6.07) is 9.56. The van der Waals surface area contributed by atoms with Crippen LogP contribution >= 0.6 is 0 Å². The van der Waals surface area contributed by atoms with Crippen molar-refractivity contribution in [1.29, 1.82) is 0 Å². The second kappa shape index (κ2) is 14.6. The maximum Gasteiger partial charge on any atom is 0.416 e. The lowest BCUT2D eigenvalue weighted by Crippen LogP contribution is -2.44. The van der Waals surface area contributed by atoms with Gasteiger partial charge in [-0.2, -0.15) is 22.0 Å². The average molecular weight is 657 g/mol. The first-order chi connectivity index (χ1) is 21.3. The van der Waals surface area contributed by atoms with Gasteiger partial charge in [-0.15, -0.1) is 0 Å². The number of carbonyl (C=O) groups is 1. The molecule has 0 bridgehead atoms. The smallest absolute Gasteiger partial charge is 0.394 e. The number of aliphatic hydroxyl groups is 1. The SMILES string of the molecule is CCS(=O)(=O)c1ccc([C@H](CO)NC(=O)c2cnc(N3CC(c4ccc(C(F)(F)F)cc4)CC[C@H]3CCOC(F)F)nc2)cc1. The lowest BCUT2D eigenvalue weighted by molar-refractivity contribution is -0.137. The Morgan fingerprint density at radius 1 is 1.07 bits per heavy atom. The van der Waals surface area contributed by atoms with Gasteiger partial charge in [0.25, 0.3) is 5.91 Å². The third-order valence-electron chi connectivity index (χ3n) is 7.78. The van der Waals surface area contributed by atoms with Crippen LogP contribution in [-0.4, -0.2) is 67.6 Å². The number of nitrogens with one attached hydrogen (secondary N) is 1. The first-order valence-corrected chi connectivity index (χ1v) is 15.9. The number of piperidine rings is 1. The molecule has 0 spiro atoms. The molecule has 1 aliphatic heterocycles. The number of alkyl halides is 5. The van der Waals surface area contributed by atoms with Gasteiger partial charge in [0.1, 0.15) is 0 Å². The minimum absolute atomic E-state index is 0.0660. The van der Waals surface area contributed by atoms with Gasteiger partial charge in [-0.1, -0.05) is 31.2 Å². The van der Waals surface area contributed by atoms with Crippen molar-refractivity contribution in [3.8, 4) is 0 Å². The molecule has 244 valence electrons. The topological polar surface area (TPSA) is 122 Å². The molecule has 15 heteroatoms. The number of rotatable bonds is 12. The maximum absolute atomic E-state index is 13.1. The Labute approximate surface area is 257 Å². The van der Waals surface area contributed by atoms with Crippen LogP contribution in [0.4, 0.5) is 27.9 Å². The van der Waals surface area contributed by atoms with Crippen molar-refractivity contribution >= 4 is 21.7 Å². The van der Waals surface area contributed by atoms with Crippen LogP contribution in [0.15, 0.2) is 65.8 Å². The summed E-state index contributed by atoms with van der Waals surface area (Å²) in [5, 5.41) is 12.6. The second-order valence-corrected chi connectivity index (χ2v) is 12.9. The zero-order valence-electron chi connectivity index (χ0n) is 24.3. The van der Waals surface area contributed by atoms with Crippen molar-refractivity contribution < 1.29 is 45.0 Å². The van der Waals surface area contributed by atoms with E-state index < -0.39 is 46.7 Å². The molecule has 3 aromatic rings. The lowest BCUT2D eigenvalue weighted by Gasteiger charge is -2.40. The fraction of sp³-hybridized carbons (Fsp3) is 0.433. The van der Waals surface area contributed by atoms with E-state index in [9.17, 15) is 40.3 Å². The van der Waals surface area contributed by atoms with Crippen molar-refractivity contribution in [2.24, 2.45) is 0 Å². The van der Waals surface area contributed by atoms with E-state index >= 15 is 0 Å². The van der Waals surface area contributed by atoms with Crippen molar-refractivity contribution in [2.75, 3.05) is 30.4 Å². The molecule has 2 N–H and O–H groups in total. The number of anilines is 1. The van der Waals surface area contributed by atoms with Gasteiger partial charge in [0.05, 0.1) is 41.0 Å². The third-order valence-corrected chi connectivity index (χ3v) is 9.53. The molecule has 2 heterocycles. The molecular formula is C30H33F5N4O5S. The lowest BCUT2D eigenvalue weighted by atomic mass is 9.86. The molecule has 1 aliphatic rings. The highest BCUT2D eigenvalue weighted by atomic mass is 32.2. The van der Waals surface area contributed by atoms with E-state index in [0.29, 0.717) is 30.5 Å². The van der Waals surface area contributed by atoms with Crippen molar-refractivity contribution in [3.05, 3.63) is 83.2 Å². The summed E-state index contributed by atoms with van der Waals surface area (Å²) in [6.45, 7) is -1.80. The van der Waals surface area contributed by atoms with Crippen LogP contribution in [0.5, 0.6) is 0 Å². The Morgan fingerprint density at radius 2 is 1.71 bits per heavy atom. The van der Waals surface area contributed by atoms with Crippen LogP contribution in [0.1, 0.15) is 65.2 Å². The zero-order valence-corrected chi connectivity index (χ0v) is 25.1. The summed E-state index contributed by atoms with van der Waals surface area (Å²) < 4.78 is 93.0. The number of hydrogen-bond acceptors (Lipinski definition) is 8. The van der Waals surface area contributed by atoms with Crippen LogP contribution in [0, 0.1) is 0 Å². The highest BCUT2D eigenvalue weighted by Gasteiger charge is 2.33. The third kappa shape index (κ3) is 8.73. The quantitative estimate of drug-likeness (QED) is 0.258. The fourth-order valence-electron chi connectivity index (χ4n) is 5.22. The number of aromatic nitrogens is 2. The standard InChI is InChI=1S/C30H33F5N4O5S/c1-2-45(42,43)25-11-6-20(7-12-25)26(18-40)38-27(41)22-15-36-29(37-16-22)39-17-21(5-10-24(39)13-14-44-28(31)32)19-3-8-23(9-4-19)30(33,34)35/h3-4,6-9,11-12,15-16,21,24,26,28,40H,2,5,10,13-14,17-18H2,1H3,(H,38,41)/t21?,24-,26-/m0/s1. The molecule has 0 radical (unpaired) electrons. The first kappa shape index (κ1) is 34.2. The number of aliphatic hydroxyl groups excluding tert-OH is 1. The largest absolute Gasteiger partial charge is 0.416 e. The van der Waals surface area contributed by atoms with Gasteiger partial charge in [-0.3, -0.25) is 4.79 Å². The molecule has 2 aromatic carbocycles. The summed E-state index contributed by atoms with van der Waals surface area (Å²) in [4.78, 5) is 23.5. The minimum atomic E-state index is -4.46. The summed E-state index contributed by atoms with van der Waals surface area (Å²) in [7, 11) is -3.42. The number of carbonyl (C=O) groups excluding carboxylic acids is 1. The van der Waals surface area contributed by atoms with E-state index in [2.05, 4.69) is 20.0 Å². The van der Waals surface area contributed by atoms with E-state index in [1.807, 2.05) is 0 Å². The van der Waals surface area contributed by atoms with Crippen molar-refractivity contribution in [2.45, 2.75) is 61.9 Å². The number of benzene rings is 2. The van der Waals surface area contributed by atoms with E-state index in [0.717, 1.165) is 12.1 Å². The Balaban J connectivity index is 1.49. The summed E-state index contributed by atoms with van der Waals surface area (Å²) >= 11 is 0. The van der Waals surface area contributed by atoms with Gasteiger partial charge in [0.15, 0.2) is 9.84 Å². The second-order valence-electron chi connectivity index (χ2n) is 10.6. The molecule has 0 aliphatic carbocycles. The van der Waals surface area contributed by atoms with Gasteiger partial charge >= 0.3 is 12.8 Å². The highest BCUT2D eigenvalue weighted by Crippen LogP contribution is 2.35. The Morgan fingerprint density at radius 3 is 2.27 bits per heavy atom. The number of sulfone groups is 1. The number of halogens is 5. The van der Waals surface area contributed by atoms with Crippen molar-refractivity contribution in [3.63, 3.8) is 0 Å². The predicted octanol–water partition coefficient (Wildman–Crippen LogP) is 5.13. The average Bonchev–Trinajstić information content (AvgIpc) is 3.03. The van der Waals surface area contributed by atoms with Crippen LogP contribution in [0.3, 0.4) is 0 Å². The molecule has 9 nitrogen and oxygen atoms in total. The minimum Gasteiger partial charge on any atom is -0.394 e. The molecule has 1 unspecified atom stereocenters. The molecular weight excluding hydrogens is 623 g/mol. The molecule has 45 heavy (non-hydrogen) atoms. The van der Waals surface area contributed by atoms with Gasteiger partial charge < -0.3 is 20.1 Å². The van der Waals surface area contributed by atoms with Crippen LogP contribution < -0.4 is 10.2 Å². The fourth-order valence-corrected chi connectivity index (χ4v) is 6.10. The molecule has 3 atom stereocenters. The zero-order chi connectivity index (χ0) is 32.8. The monoisotopic (exact) mass is 656 g/mol. The molecule has 1 saturated heterocycles. The molecule has 0 saturated carbocycles. The van der Waals surface area contributed by atoms with Gasteiger partial charge in [-0.05, 0) is 54.7 Å². The number of hydrogen-bond donors (Lipinski definition) is 2. The molecule has 1 aromatic heterocycles. The Bertz CT molecular complexity index is 1520. The molecule has 4 rings (SSSR count). The number of ether oxygens (including phenoxy) is 1. The van der Waals surface area contributed by atoms with Gasteiger partial charge in [0.2, 0.25) is 5.95 Å². The van der Waals surface area contributed by atoms with E-state index in [-0.39, 0.29) is 47.1 Å². The first-order valence-electron chi connectivity index (χ1n) is 14.2. The van der Waals surface area contributed by atoms with E-state index in [1.54, 1.807) is 4.90 Å². The van der Waals surface area contributed by atoms with Crippen LogP contribution in [-0.2, 0) is 20.8 Å². The van der Waals surface area contributed by atoms with Gasteiger partial charge in [-0.25, -0.2) is 18.4 Å². The normalized spacial score (nSPS) is 18.2. The Kier molecular flexibility index (Phi) is 11.1. The van der Waals surface area contributed by atoms with E-state index in [4.69, 9.17) is 0 Å².